The molecule has 3 rings (SSSR count). The number of hydrogen-bond acceptors (Lipinski definition) is 5. The number of nitrogen functional groups attached to an aromatic ring is 1. The van der Waals surface area contributed by atoms with Gasteiger partial charge in [0, 0.05) is 5.38 Å². The van der Waals surface area contributed by atoms with Gasteiger partial charge in [0.1, 0.15) is 0 Å². The second-order valence-electron chi connectivity index (χ2n) is 4.61. The van der Waals surface area contributed by atoms with Gasteiger partial charge in [0.15, 0.2) is 5.13 Å². The van der Waals surface area contributed by atoms with Gasteiger partial charge in [-0.3, -0.25) is 0 Å². The van der Waals surface area contributed by atoms with Gasteiger partial charge in [-0.2, -0.15) is 0 Å². The zero-order valence-corrected chi connectivity index (χ0v) is 12.4. The summed E-state index contributed by atoms with van der Waals surface area (Å²) in [5.74, 6) is 0. The summed E-state index contributed by atoms with van der Waals surface area (Å²) >= 11 is 3.30. The SMILES string of the molecule is Cc1ccc2sc(CCCc3csc(N)n3)nc2c1. The van der Waals surface area contributed by atoms with E-state index in [0.29, 0.717) is 5.13 Å². The lowest BCUT2D eigenvalue weighted by atomic mass is 10.2. The fourth-order valence-electron chi connectivity index (χ4n) is 2.05. The molecule has 0 saturated carbocycles. The molecule has 2 N–H and O–H groups in total. The molecule has 19 heavy (non-hydrogen) atoms. The maximum atomic E-state index is 5.62. The molecule has 0 fully saturated rings. The molecule has 0 atom stereocenters. The van der Waals surface area contributed by atoms with E-state index in [4.69, 9.17) is 5.73 Å². The third-order valence-electron chi connectivity index (χ3n) is 2.98. The topological polar surface area (TPSA) is 51.8 Å². The van der Waals surface area contributed by atoms with Crippen molar-refractivity contribution in [3.8, 4) is 0 Å². The summed E-state index contributed by atoms with van der Waals surface area (Å²) in [6, 6.07) is 6.45. The highest BCUT2D eigenvalue weighted by Crippen LogP contribution is 2.24. The first-order chi connectivity index (χ1) is 9.20. The minimum atomic E-state index is 0.658. The molecule has 98 valence electrons. The predicted octanol–water partition coefficient (Wildman–Crippen LogP) is 3.82. The van der Waals surface area contributed by atoms with Crippen LogP contribution in [0.4, 0.5) is 5.13 Å². The van der Waals surface area contributed by atoms with Crippen molar-refractivity contribution in [2.45, 2.75) is 26.2 Å². The van der Waals surface area contributed by atoms with Crippen molar-refractivity contribution < 1.29 is 0 Å². The molecule has 2 aromatic heterocycles. The molecule has 0 saturated heterocycles. The number of aromatic nitrogens is 2. The van der Waals surface area contributed by atoms with E-state index in [-0.39, 0.29) is 0 Å². The van der Waals surface area contributed by atoms with Gasteiger partial charge in [-0.1, -0.05) is 6.07 Å². The number of thiazole rings is 2. The molecule has 0 aliphatic rings. The van der Waals surface area contributed by atoms with Crippen molar-refractivity contribution in [3.05, 3.63) is 39.8 Å². The summed E-state index contributed by atoms with van der Waals surface area (Å²) in [5.41, 5.74) is 9.11. The number of anilines is 1. The normalized spacial score (nSPS) is 11.2. The van der Waals surface area contributed by atoms with Crippen LogP contribution in [-0.2, 0) is 12.8 Å². The molecular weight excluding hydrogens is 274 g/mol. The molecule has 0 amide bonds. The molecule has 0 aliphatic carbocycles. The lowest BCUT2D eigenvalue weighted by Crippen LogP contribution is -1.90. The number of benzene rings is 1. The summed E-state index contributed by atoms with van der Waals surface area (Å²) < 4.78 is 1.28. The average molecular weight is 289 g/mol. The molecular formula is C14H15N3S2. The second-order valence-corrected chi connectivity index (χ2v) is 6.61. The molecule has 3 aromatic rings. The summed E-state index contributed by atoms with van der Waals surface area (Å²) in [6.45, 7) is 2.10. The molecule has 3 nitrogen and oxygen atoms in total. The molecule has 1 aromatic carbocycles. The Morgan fingerprint density at radius 2 is 2.11 bits per heavy atom. The Bertz CT molecular complexity index is 700. The second kappa shape index (κ2) is 5.27. The van der Waals surface area contributed by atoms with Crippen LogP contribution in [0.3, 0.4) is 0 Å². The molecule has 0 spiro atoms. The van der Waals surface area contributed by atoms with E-state index < -0.39 is 0 Å². The smallest absolute Gasteiger partial charge is 0.180 e. The monoisotopic (exact) mass is 289 g/mol. The number of hydrogen-bond donors (Lipinski definition) is 1. The molecule has 0 aliphatic heterocycles. The first-order valence-corrected chi connectivity index (χ1v) is 7.96. The molecule has 0 bridgehead atoms. The van der Waals surface area contributed by atoms with Gasteiger partial charge in [0.2, 0.25) is 0 Å². The highest BCUT2D eigenvalue weighted by molar-refractivity contribution is 7.18. The van der Waals surface area contributed by atoms with Crippen molar-refractivity contribution in [1.82, 2.24) is 9.97 Å². The molecule has 0 radical (unpaired) electrons. The number of rotatable bonds is 4. The Hall–Kier alpha value is -1.46. The van der Waals surface area contributed by atoms with Gasteiger partial charge < -0.3 is 5.73 Å². The fourth-order valence-corrected chi connectivity index (χ4v) is 3.64. The Labute approximate surface area is 120 Å². The van der Waals surface area contributed by atoms with E-state index in [2.05, 4.69) is 35.1 Å². The predicted molar refractivity (Wildman–Crippen MR) is 82.9 cm³/mol. The quantitative estimate of drug-likeness (QED) is 0.794. The van der Waals surface area contributed by atoms with E-state index >= 15 is 0 Å². The zero-order chi connectivity index (χ0) is 13.2. The van der Waals surface area contributed by atoms with Crippen LogP contribution in [0.5, 0.6) is 0 Å². The van der Waals surface area contributed by atoms with Gasteiger partial charge in [0.25, 0.3) is 0 Å². The van der Waals surface area contributed by atoms with Crippen LogP contribution in [0.1, 0.15) is 22.7 Å². The van der Waals surface area contributed by atoms with Crippen molar-refractivity contribution in [1.29, 1.82) is 0 Å². The molecule has 2 heterocycles. The van der Waals surface area contributed by atoms with E-state index in [1.165, 1.54) is 26.6 Å². The van der Waals surface area contributed by atoms with Crippen LogP contribution in [0.25, 0.3) is 10.2 Å². The third-order valence-corrected chi connectivity index (χ3v) is 4.80. The van der Waals surface area contributed by atoms with Crippen LogP contribution >= 0.6 is 22.7 Å². The van der Waals surface area contributed by atoms with E-state index in [1.807, 2.05) is 5.38 Å². The Kier molecular flexibility index (Phi) is 3.48. The third kappa shape index (κ3) is 2.93. The average Bonchev–Trinajstić information content (AvgIpc) is 2.95. The fraction of sp³-hybridized carbons (Fsp3) is 0.286. The summed E-state index contributed by atoms with van der Waals surface area (Å²) in [6.07, 6.45) is 3.06. The first-order valence-electron chi connectivity index (χ1n) is 6.26. The lowest BCUT2D eigenvalue weighted by molar-refractivity contribution is 0.801. The van der Waals surface area contributed by atoms with Gasteiger partial charge in [-0.15, -0.1) is 22.7 Å². The summed E-state index contributed by atoms with van der Waals surface area (Å²) in [4.78, 5) is 8.96. The summed E-state index contributed by atoms with van der Waals surface area (Å²) in [5, 5.41) is 3.91. The molecule has 0 unspecified atom stereocenters. The Morgan fingerprint density at radius 3 is 2.89 bits per heavy atom. The van der Waals surface area contributed by atoms with Crippen molar-refractivity contribution in [2.24, 2.45) is 0 Å². The van der Waals surface area contributed by atoms with Crippen LogP contribution < -0.4 is 5.73 Å². The maximum Gasteiger partial charge on any atom is 0.180 e. The zero-order valence-electron chi connectivity index (χ0n) is 10.7. The minimum absolute atomic E-state index is 0.658. The number of nitrogens with zero attached hydrogens (tertiary/aromatic N) is 2. The highest BCUT2D eigenvalue weighted by atomic mass is 32.1. The van der Waals surface area contributed by atoms with Crippen molar-refractivity contribution in [2.75, 3.05) is 5.73 Å². The van der Waals surface area contributed by atoms with Gasteiger partial charge in [0.05, 0.1) is 20.9 Å². The van der Waals surface area contributed by atoms with Gasteiger partial charge in [-0.25, -0.2) is 9.97 Å². The standard InChI is InChI=1S/C14H15N3S2/c1-9-5-6-12-11(7-9)17-13(19-12)4-2-3-10-8-18-14(15)16-10/h5-8H,2-4H2,1H3,(H2,15,16). The van der Waals surface area contributed by atoms with Gasteiger partial charge >= 0.3 is 0 Å². The van der Waals surface area contributed by atoms with Gasteiger partial charge in [-0.05, 0) is 43.9 Å². The van der Waals surface area contributed by atoms with Crippen molar-refractivity contribution >= 4 is 38.0 Å². The van der Waals surface area contributed by atoms with Crippen molar-refractivity contribution in [3.63, 3.8) is 0 Å². The largest absolute Gasteiger partial charge is 0.375 e. The van der Waals surface area contributed by atoms with Crippen LogP contribution in [0.15, 0.2) is 23.6 Å². The van der Waals surface area contributed by atoms with E-state index in [0.717, 1.165) is 30.5 Å². The minimum Gasteiger partial charge on any atom is -0.375 e. The van der Waals surface area contributed by atoms with E-state index in [1.54, 1.807) is 11.3 Å². The highest BCUT2D eigenvalue weighted by Gasteiger charge is 2.05. The Balaban J connectivity index is 1.65. The van der Waals surface area contributed by atoms with Crippen LogP contribution in [0, 0.1) is 6.92 Å². The number of fused-ring (bicyclic) bond motifs is 1. The van der Waals surface area contributed by atoms with Crippen LogP contribution in [0.2, 0.25) is 0 Å². The summed E-state index contributed by atoms with van der Waals surface area (Å²) in [7, 11) is 0. The van der Waals surface area contributed by atoms with Crippen LogP contribution in [-0.4, -0.2) is 9.97 Å². The lowest BCUT2D eigenvalue weighted by Gasteiger charge is -1.94. The Morgan fingerprint density at radius 1 is 1.21 bits per heavy atom. The number of nitrogens with two attached hydrogens (primary N) is 1. The maximum absolute atomic E-state index is 5.62. The number of aryl methyl sites for hydroxylation is 3. The molecule has 5 heteroatoms. The first kappa shape index (κ1) is 12.6. The van der Waals surface area contributed by atoms with E-state index in [9.17, 15) is 0 Å².